The topological polar surface area (TPSA) is 91.4 Å². The number of nitrogens with one attached hydrogen (secondary N) is 1. The van der Waals surface area contributed by atoms with E-state index in [1.165, 1.54) is 13.0 Å². The van der Waals surface area contributed by atoms with Crippen molar-refractivity contribution in [3.05, 3.63) is 47.5 Å². The number of fused-ring (bicyclic) bond motifs is 1. The van der Waals surface area contributed by atoms with Crippen molar-refractivity contribution in [2.45, 2.75) is 25.6 Å². The lowest BCUT2D eigenvalue weighted by molar-refractivity contribution is -0.0503. The van der Waals surface area contributed by atoms with Gasteiger partial charge in [-0.05, 0) is 17.7 Å². The monoisotopic (exact) mass is 355 g/mol. The molecule has 4 rings (SSSR count). The number of pyridine rings is 1. The lowest BCUT2D eigenvalue weighted by Crippen LogP contribution is -2.50. The molecule has 2 aliphatic rings. The highest BCUT2D eigenvalue weighted by atomic mass is 16.5. The van der Waals surface area contributed by atoms with Crippen LogP contribution in [0.5, 0.6) is 0 Å². The normalized spacial score (nSPS) is 23.0. The molecule has 0 spiro atoms. The van der Waals surface area contributed by atoms with Gasteiger partial charge in [-0.15, -0.1) is 0 Å². The molecule has 1 N–H and O–H groups in total. The molecule has 1 amide bonds. The number of nitrogens with zero attached hydrogens (tertiary/aromatic N) is 4. The minimum Gasteiger partial charge on any atom is -0.373 e. The van der Waals surface area contributed by atoms with E-state index in [2.05, 4.69) is 26.1 Å². The molecule has 8 nitrogen and oxygen atoms in total. The average molecular weight is 355 g/mol. The highest BCUT2D eigenvalue weighted by Crippen LogP contribution is 2.25. The Hall–Kier alpha value is -2.58. The standard InChI is InChI=1S/C18H21N5O3/c1-12(24)14-7-15(21-20-14)18(25)23-10-16-17(11-23)26-6-5-22(16)9-13-3-2-4-19-8-13/h2-4,7-8,16-17H,5-6,9-11H2,1H3,(H,20,21)/t16-,17+/m1/s1. The van der Waals surface area contributed by atoms with Gasteiger partial charge >= 0.3 is 0 Å². The van der Waals surface area contributed by atoms with Gasteiger partial charge in [0.1, 0.15) is 11.4 Å². The molecule has 0 aromatic carbocycles. The third kappa shape index (κ3) is 3.25. The SMILES string of the molecule is CC(=O)c1cc(C(=O)N2C[C@@H]3OCCN(Cc4cccnc4)[C@@H]3C2)[nH]n1. The fourth-order valence-electron chi connectivity index (χ4n) is 3.63. The van der Waals surface area contributed by atoms with Gasteiger partial charge in [-0.25, -0.2) is 0 Å². The zero-order valence-corrected chi connectivity index (χ0v) is 14.6. The lowest BCUT2D eigenvalue weighted by Gasteiger charge is -2.36. The molecular weight excluding hydrogens is 334 g/mol. The van der Waals surface area contributed by atoms with Gasteiger partial charge in [0.2, 0.25) is 0 Å². The van der Waals surface area contributed by atoms with Crippen molar-refractivity contribution in [1.29, 1.82) is 0 Å². The van der Waals surface area contributed by atoms with Crippen molar-refractivity contribution in [3.8, 4) is 0 Å². The van der Waals surface area contributed by atoms with Crippen LogP contribution in [0.1, 0.15) is 33.5 Å². The van der Waals surface area contributed by atoms with Crippen LogP contribution in [0.15, 0.2) is 30.6 Å². The molecule has 2 aromatic rings. The van der Waals surface area contributed by atoms with E-state index in [1.807, 2.05) is 12.3 Å². The Morgan fingerprint density at radius 2 is 2.27 bits per heavy atom. The highest BCUT2D eigenvalue weighted by molar-refractivity contribution is 5.97. The number of hydrogen-bond acceptors (Lipinski definition) is 6. The van der Waals surface area contributed by atoms with E-state index in [0.717, 1.165) is 18.7 Å². The summed E-state index contributed by atoms with van der Waals surface area (Å²) in [5, 5.41) is 6.57. The van der Waals surface area contributed by atoms with Crippen molar-refractivity contribution in [2.24, 2.45) is 0 Å². The maximum atomic E-state index is 12.8. The van der Waals surface area contributed by atoms with Gasteiger partial charge in [-0.3, -0.25) is 24.6 Å². The number of morpholine rings is 1. The largest absolute Gasteiger partial charge is 0.373 e. The fraction of sp³-hybridized carbons (Fsp3) is 0.444. The second-order valence-electron chi connectivity index (χ2n) is 6.74. The van der Waals surface area contributed by atoms with Crippen molar-refractivity contribution in [2.75, 3.05) is 26.2 Å². The van der Waals surface area contributed by atoms with Crippen LogP contribution in [0.4, 0.5) is 0 Å². The minimum absolute atomic E-state index is 0.000398. The summed E-state index contributed by atoms with van der Waals surface area (Å²) in [7, 11) is 0. The number of carbonyl (C=O) groups excluding carboxylic acids is 2. The first kappa shape index (κ1) is 16.9. The second-order valence-corrected chi connectivity index (χ2v) is 6.74. The third-order valence-electron chi connectivity index (χ3n) is 4.98. The number of ketones is 1. The van der Waals surface area contributed by atoms with Crippen LogP contribution in [0.3, 0.4) is 0 Å². The van der Waals surface area contributed by atoms with Crippen molar-refractivity contribution in [3.63, 3.8) is 0 Å². The van der Waals surface area contributed by atoms with Crippen molar-refractivity contribution in [1.82, 2.24) is 25.0 Å². The molecule has 0 bridgehead atoms. The minimum atomic E-state index is -0.165. The average Bonchev–Trinajstić information content (AvgIpc) is 3.30. The molecule has 2 saturated heterocycles. The van der Waals surface area contributed by atoms with E-state index in [1.54, 1.807) is 11.1 Å². The number of aromatic nitrogens is 3. The van der Waals surface area contributed by atoms with Crippen LogP contribution in [-0.4, -0.2) is 75.1 Å². The number of ether oxygens (including phenoxy) is 1. The number of aromatic amines is 1. The second kappa shape index (κ2) is 6.97. The first-order valence-corrected chi connectivity index (χ1v) is 8.72. The molecule has 0 saturated carbocycles. The summed E-state index contributed by atoms with van der Waals surface area (Å²) < 4.78 is 5.90. The van der Waals surface area contributed by atoms with Crippen LogP contribution in [0.25, 0.3) is 0 Å². The van der Waals surface area contributed by atoms with Gasteiger partial charge in [-0.2, -0.15) is 5.10 Å². The summed E-state index contributed by atoms with van der Waals surface area (Å²) in [5.41, 5.74) is 1.77. The molecule has 0 unspecified atom stereocenters. The van der Waals surface area contributed by atoms with Gasteiger partial charge < -0.3 is 9.64 Å². The molecular formula is C18H21N5O3. The van der Waals surface area contributed by atoms with Crippen LogP contribution < -0.4 is 0 Å². The van der Waals surface area contributed by atoms with Crippen LogP contribution in [0, 0.1) is 0 Å². The predicted molar refractivity (Wildman–Crippen MR) is 92.7 cm³/mol. The van der Waals surface area contributed by atoms with E-state index in [0.29, 0.717) is 25.4 Å². The lowest BCUT2D eigenvalue weighted by atomic mass is 10.1. The fourth-order valence-corrected chi connectivity index (χ4v) is 3.63. The Morgan fingerprint density at radius 3 is 3.00 bits per heavy atom. The Morgan fingerprint density at radius 1 is 1.38 bits per heavy atom. The smallest absolute Gasteiger partial charge is 0.272 e. The van der Waals surface area contributed by atoms with Gasteiger partial charge in [0.25, 0.3) is 5.91 Å². The van der Waals surface area contributed by atoms with Crippen molar-refractivity contribution >= 4 is 11.7 Å². The summed E-state index contributed by atoms with van der Waals surface area (Å²) in [4.78, 5) is 32.4. The molecule has 4 heterocycles. The van der Waals surface area contributed by atoms with E-state index in [4.69, 9.17) is 4.74 Å². The number of H-pyrrole nitrogens is 1. The molecule has 2 aliphatic heterocycles. The van der Waals surface area contributed by atoms with Gasteiger partial charge in [0, 0.05) is 45.5 Å². The zero-order valence-electron chi connectivity index (χ0n) is 14.6. The zero-order chi connectivity index (χ0) is 18.1. The molecule has 26 heavy (non-hydrogen) atoms. The molecule has 2 fully saturated rings. The number of rotatable bonds is 4. The van der Waals surface area contributed by atoms with Gasteiger partial charge in [0.05, 0.1) is 18.8 Å². The molecule has 2 atom stereocenters. The Labute approximate surface area is 151 Å². The first-order valence-electron chi connectivity index (χ1n) is 8.72. The number of amides is 1. The molecule has 0 radical (unpaired) electrons. The molecule has 136 valence electrons. The number of Topliss-reactive ketones (excluding diaryl/α,β-unsaturated/α-hetero) is 1. The Bertz CT molecular complexity index is 806. The quantitative estimate of drug-likeness (QED) is 0.813. The maximum absolute atomic E-state index is 12.8. The van der Waals surface area contributed by atoms with Gasteiger partial charge in [0.15, 0.2) is 5.78 Å². The summed E-state index contributed by atoms with van der Waals surface area (Å²) in [6, 6.07) is 5.66. The van der Waals surface area contributed by atoms with Crippen LogP contribution in [0.2, 0.25) is 0 Å². The van der Waals surface area contributed by atoms with Crippen LogP contribution in [-0.2, 0) is 11.3 Å². The summed E-state index contributed by atoms with van der Waals surface area (Å²) >= 11 is 0. The number of hydrogen-bond donors (Lipinski definition) is 1. The Kier molecular flexibility index (Phi) is 4.52. The molecule has 8 heteroatoms. The van der Waals surface area contributed by atoms with Gasteiger partial charge in [-0.1, -0.05) is 6.07 Å². The van der Waals surface area contributed by atoms with E-state index >= 15 is 0 Å². The molecule has 2 aromatic heterocycles. The Balaban J connectivity index is 1.46. The van der Waals surface area contributed by atoms with Crippen molar-refractivity contribution < 1.29 is 14.3 Å². The van der Waals surface area contributed by atoms with E-state index in [9.17, 15) is 9.59 Å². The van der Waals surface area contributed by atoms with Crippen LogP contribution >= 0.6 is 0 Å². The number of likely N-dealkylation sites (tertiary alicyclic amines) is 1. The first-order chi connectivity index (χ1) is 12.6. The summed E-state index contributed by atoms with van der Waals surface area (Å²) in [6.07, 6.45) is 3.64. The highest BCUT2D eigenvalue weighted by Gasteiger charge is 2.42. The maximum Gasteiger partial charge on any atom is 0.272 e. The molecule has 0 aliphatic carbocycles. The third-order valence-corrected chi connectivity index (χ3v) is 4.98. The van der Waals surface area contributed by atoms with E-state index in [-0.39, 0.29) is 29.5 Å². The number of carbonyl (C=O) groups is 2. The summed E-state index contributed by atoms with van der Waals surface area (Å²) in [6.45, 7) is 4.84. The van der Waals surface area contributed by atoms with E-state index < -0.39 is 0 Å². The predicted octanol–water partition coefficient (Wildman–Crippen LogP) is 0.733. The summed E-state index contributed by atoms with van der Waals surface area (Å²) in [5.74, 6) is -0.314.